The molecular formula is C28H29Cl2NO3. The van der Waals surface area contributed by atoms with Crippen molar-refractivity contribution >= 4 is 29.1 Å². The van der Waals surface area contributed by atoms with Gasteiger partial charge in [0.15, 0.2) is 6.61 Å². The molecule has 3 aromatic carbocycles. The van der Waals surface area contributed by atoms with Gasteiger partial charge in [-0.2, -0.15) is 0 Å². The molecule has 0 aliphatic carbocycles. The number of benzene rings is 3. The summed E-state index contributed by atoms with van der Waals surface area (Å²) in [5.41, 5.74) is 4.76. The molecule has 6 heteroatoms. The lowest BCUT2D eigenvalue weighted by Crippen LogP contribution is -2.32. The van der Waals surface area contributed by atoms with Crippen LogP contribution < -0.4 is 4.74 Å². The highest BCUT2D eigenvalue weighted by atomic mass is 35.5. The summed E-state index contributed by atoms with van der Waals surface area (Å²) in [7, 11) is 0. The lowest BCUT2D eigenvalue weighted by Gasteiger charge is -2.16. The van der Waals surface area contributed by atoms with Crippen molar-refractivity contribution in [1.29, 1.82) is 0 Å². The van der Waals surface area contributed by atoms with Gasteiger partial charge in [-0.15, -0.1) is 0 Å². The molecule has 4 rings (SSSR count). The highest BCUT2D eigenvalue weighted by molar-refractivity contribution is 6.36. The Balaban J connectivity index is 1.50. The largest absolute Gasteiger partial charge is 0.507 e. The number of amides is 1. The minimum atomic E-state index is -0.0234. The van der Waals surface area contributed by atoms with Crippen LogP contribution in [0.5, 0.6) is 11.5 Å². The molecule has 0 saturated carbocycles. The fraction of sp³-hybridized carbons (Fsp3) is 0.321. The maximum absolute atomic E-state index is 12.2. The van der Waals surface area contributed by atoms with Crippen LogP contribution in [0.4, 0.5) is 0 Å². The van der Waals surface area contributed by atoms with E-state index in [1.807, 2.05) is 29.2 Å². The number of phenolic OH excluding ortho intramolecular Hbond substituents is 1. The predicted molar refractivity (Wildman–Crippen MR) is 138 cm³/mol. The van der Waals surface area contributed by atoms with Gasteiger partial charge in [0, 0.05) is 35.1 Å². The molecule has 0 atom stereocenters. The molecule has 1 aliphatic heterocycles. The van der Waals surface area contributed by atoms with Crippen molar-refractivity contribution < 1.29 is 14.6 Å². The van der Waals surface area contributed by atoms with E-state index in [-0.39, 0.29) is 18.3 Å². The summed E-state index contributed by atoms with van der Waals surface area (Å²) in [6.07, 6.45) is 4.66. The first-order valence-electron chi connectivity index (χ1n) is 11.7. The van der Waals surface area contributed by atoms with Crippen LogP contribution in [0.2, 0.25) is 10.0 Å². The third-order valence-corrected chi connectivity index (χ3v) is 6.83. The fourth-order valence-corrected chi connectivity index (χ4v) is 4.95. The van der Waals surface area contributed by atoms with E-state index in [4.69, 9.17) is 27.9 Å². The average Bonchev–Trinajstić information content (AvgIpc) is 3.36. The van der Waals surface area contributed by atoms with Crippen LogP contribution in [-0.4, -0.2) is 35.6 Å². The first kappa shape index (κ1) is 24.4. The zero-order valence-corrected chi connectivity index (χ0v) is 20.8. The summed E-state index contributed by atoms with van der Waals surface area (Å²) in [4.78, 5) is 14.1. The number of halogens is 2. The summed E-state index contributed by atoms with van der Waals surface area (Å²) in [5.74, 6) is 0.694. The van der Waals surface area contributed by atoms with Crippen LogP contribution in [0, 0.1) is 0 Å². The van der Waals surface area contributed by atoms with Gasteiger partial charge < -0.3 is 14.7 Å². The number of hydrogen-bond donors (Lipinski definition) is 1. The zero-order valence-electron chi connectivity index (χ0n) is 19.3. The Morgan fingerprint density at radius 2 is 1.74 bits per heavy atom. The second-order valence-electron chi connectivity index (χ2n) is 8.72. The van der Waals surface area contributed by atoms with Crippen LogP contribution in [0.1, 0.15) is 42.9 Å². The zero-order chi connectivity index (χ0) is 24.1. The summed E-state index contributed by atoms with van der Waals surface area (Å²) in [6, 6.07) is 17.2. The maximum Gasteiger partial charge on any atom is 0.260 e. The van der Waals surface area contributed by atoms with E-state index in [9.17, 15) is 9.90 Å². The van der Waals surface area contributed by atoms with E-state index < -0.39 is 0 Å². The van der Waals surface area contributed by atoms with Crippen LogP contribution in [0.25, 0.3) is 11.1 Å². The normalized spacial score (nSPS) is 13.3. The number of carbonyl (C=O) groups is 1. The smallest absolute Gasteiger partial charge is 0.260 e. The minimum absolute atomic E-state index is 0.0200. The lowest BCUT2D eigenvalue weighted by molar-refractivity contribution is -0.132. The Hall–Kier alpha value is -2.69. The van der Waals surface area contributed by atoms with E-state index >= 15 is 0 Å². The van der Waals surface area contributed by atoms with Crippen LogP contribution in [-0.2, 0) is 17.6 Å². The molecule has 0 aromatic heterocycles. The molecule has 4 nitrogen and oxygen atoms in total. The summed E-state index contributed by atoms with van der Waals surface area (Å²) in [6.45, 7) is 3.71. The lowest BCUT2D eigenvalue weighted by atomic mass is 9.96. The van der Waals surface area contributed by atoms with Crippen LogP contribution in [0.3, 0.4) is 0 Å². The molecule has 1 heterocycles. The molecule has 3 aromatic rings. The number of rotatable bonds is 8. The average molecular weight is 498 g/mol. The predicted octanol–water partition coefficient (Wildman–Crippen LogP) is 6.91. The van der Waals surface area contributed by atoms with Crippen molar-refractivity contribution in [3.8, 4) is 22.6 Å². The van der Waals surface area contributed by atoms with Crippen molar-refractivity contribution in [2.24, 2.45) is 0 Å². The molecule has 0 spiro atoms. The summed E-state index contributed by atoms with van der Waals surface area (Å²) >= 11 is 13.1. The van der Waals surface area contributed by atoms with Gasteiger partial charge in [0.1, 0.15) is 11.5 Å². The number of hydrogen-bond acceptors (Lipinski definition) is 3. The van der Waals surface area contributed by atoms with Gasteiger partial charge in [0.05, 0.1) is 0 Å². The monoisotopic (exact) mass is 497 g/mol. The van der Waals surface area contributed by atoms with Crippen molar-refractivity contribution in [2.45, 2.75) is 39.0 Å². The standard InChI is InChI=1S/C28H29Cl2NO3/c1-2-6-19-7-5-8-21(13-19)23-14-20(9-10-27(23)32)15-24-25(29)16-22(17-26(24)30)34-18-28(33)31-11-3-4-12-31/h5,7-10,13-14,16-17,32H,2-4,6,11-12,15,18H2,1H3. The SMILES string of the molecule is CCCc1cccc(-c2cc(Cc3c(Cl)cc(OCC(=O)N4CCCC4)cc3Cl)ccc2O)c1. The quantitative estimate of drug-likeness (QED) is 0.367. The Morgan fingerprint density at radius 3 is 2.44 bits per heavy atom. The number of ether oxygens (including phenoxy) is 1. The second kappa shape index (κ2) is 11.2. The highest BCUT2D eigenvalue weighted by Crippen LogP contribution is 2.35. The van der Waals surface area contributed by atoms with Gasteiger partial charge in [0.25, 0.3) is 5.91 Å². The first-order chi connectivity index (χ1) is 16.4. The summed E-state index contributed by atoms with van der Waals surface area (Å²) in [5, 5.41) is 11.5. The maximum atomic E-state index is 12.2. The molecule has 1 fully saturated rings. The minimum Gasteiger partial charge on any atom is -0.507 e. The molecule has 34 heavy (non-hydrogen) atoms. The van der Waals surface area contributed by atoms with E-state index in [2.05, 4.69) is 19.1 Å². The molecular weight excluding hydrogens is 469 g/mol. The molecule has 0 radical (unpaired) electrons. The number of aryl methyl sites for hydroxylation is 1. The molecule has 0 bridgehead atoms. The Bertz CT molecular complexity index is 1150. The number of nitrogens with zero attached hydrogens (tertiary/aromatic N) is 1. The van der Waals surface area contributed by atoms with Gasteiger partial charge in [-0.1, -0.05) is 66.9 Å². The van der Waals surface area contributed by atoms with Crippen molar-refractivity contribution in [1.82, 2.24) is 4.90 Å². The van der Waals surface area contributed by atoms with E-state index in [0.717, 1.165) is 61.0 Å². The number of aromatic hydroxyl groups is 1. The molecule has 1 N–H and O–H groups in total. The number of likely N-dealkylation sites (tertiary alicyclic amines) is 1. The summed E-state index contributed by atoms with van der Waals surface area (Å²) < 4.78 is 5.68. The Morgan fingerprint density at radius 1 is 1.00 bits per heavy atom. The Kier molecular flexibility index (Phi) is 8.02. The second-order valence-corrected chi connectivity index (χ2v) is 9.54. The van der Waals surface area contributed by atoms with E-state index in [1.165, 1.54) is 5.56 Å². The molecule has 1 saturated heterocycles. The number of phenols is 1. The van der Waals surface area contributed by atoms with Crippen molar-refractivity contribution in [3.63, 3.8) is 0 Å². The fourth-order valence-electron chi connectivity index (χ4n) is 4.35. The van der Waals surface area contributed by atoms with Crippen molar-refractivity contribution in [2.75, 3.05) is 19.7 Å². The molecule has 1 aliphatic rings. The number of carbonyl (C=O) groups excluding carboxylic acids is 1. The van der Waals surface area contributed by atoms with Gasteiger partial charge in [-0.05, 0) is 65.8 Å². The van der Waals surface area contributed by atoms with E-state index in [0.29, 0.717) is 22.2 Å². The van der Waals surface area contributed by atoms with E-state index in [1.54, 1.807) is 18.2 Å². The topological polar surface area (TPSA) is 49.8 Å². The van der Waals surface area contributed by atoms with Crippen molar-refractivity contribution in [3.05, 3.63) is 81.3 Å². The van der Waals surface area contributed by atoms with Crippen LogP contribution in [0.15, 0.2) is 54.6 Å². The third kappa shape index (κ3) is 5.86. The highest BCUT2D eigenvalue weighted by Gasteiger charge is 2.19. The first-order valence-corrected chi connectivity index (χ1v) is 12.5. The van der Waals surface area contributed by atoms with Crippen LogP contribution >= 0.6 is 23.2 Å². The third-order valence-electron chi connectivity index (χ3n) is 6.15. The molecule has 178 valence electrons. The Labute approximate surface area is 211 Å². The van der Waals surface area contributed by atoms with Gasteiger partial charge in [0.2, 0.25) is 0 Å². The van der Waals surface area contributed by atoms with Gasteiger partial charge in [-0.3, -0.25) is 4.79 Å². The molecule has 1 amide bonds. The molecule has 0 unspecified atom stereocenters. The van der Waals surface area contributed by atoms with Gasteiger partial charge in [-0.25, -0.2) is 0 Å². The van der Waals surface area contributed by atoms with Gasteiger partial charge >= 0.3 is 0 Å².